The van der Waals surface area contributed by atoms with E-state index < -0.39 is 0 Å². The van der Waals surface area contributed by atoms with E-state index in [1.807, 2.05) is 23.5 Å². The molecule has 0 aromatic carbocycles. The first-order valence-electron chi connectivity index (χ1n) is 6.16. The predicted octanol–water partition coefficient (Wildman–Crippen LogP) is 2.65. The van der Waals surface area contributed by atoms with Crippen molar-refractivity contribution in [3.63, 3.8) is 0 Å². The molecule has 1 N–H and O–H groups in total. The Kier molecular flexibility index (Phi) is 2.56. The minimum Gasteiger partial charge on any atom is -0.381 e. The number of hydrogen-bond donors (Lipinski definition) is 1. The van der Waals surface area contributed by atoms with Gasteiger partial charge in [-0.05, 0) is 17.4 Å². The first-order chi connectivity index (χ1) is 8.40. The van der Waals surface area contributed by atoms with E-state index in [4.69, 9.17) is 4.74 Å². The van der Waals surface area contributed by atoms with Crippen LogP contribution in [0.5, 0.6) is 0 Å². The maximum atomic E-state index is 5.53. The average Bonchev–Trinajstić information content (AvgIpc) is 3.01. The van der Waals surface area contributed by atoms with Crippen LogP contribution in [0.15, 0.2) is 33.7 Å². The van der Waals surface area contributed by atoms with Gasteiger partial charge in [-0.2, -0.15) is 0 Å². The van der Waals surface area contributed by atoms with Crippen LogP contribution in [0, 0.1) is 0 Å². The molecule has 0 aliphatic carbocycles. The summed E-state index contributed by atoms with van der Waals surface area (Å²) in [6.45, 7) is 1.73. The van der Waals surface area contributed by atoms with Gasteiger partial charge in [-0.3, -0.25) is 0 Å². The highest BCUT2D eigenvalue weighted by Gasteiger charge is 2.36. The minimum atomic E-state index is 0.534. The number of thioether (sulfide) groups is 2. The molecule has 4 heterocycles. The summed E-state index contributed by atoms with van der Waals surface area (Å²) >= 11 is 4.00. The first kappa shape index (κ1) is 10.6. The summed E-state index contributed by atoms with van der Waals surface area (Å²) in [6.07, 6.45) is 7.04. The molecule has 17 heavy (non-hydrogen) atoms. The molecule has 4 rings (SSSR count). The summed E-state index contributed by atoms with van der Waals surface area (Å²) in [7, 11) is 0. The number of rotatable bonds is 1. The maximum Gasteiger partial charge on any atom is 0.0697 e. The lowest BCUT2D eigenvalue weighted by molar-refractivity contribution is 0.145. The fourth-order valence-electron chi connectivity index (χ4n) is 2.87. The molecule has 0 radical (unpaired) electrons. The first-order valence-corrected chi connectivity index (χ1v) is 7.98. The van der Waals surface area contributed by atoms with Crippen molar-refractivity contribution in [2.75, 3.05) is 13.2 Å². The molecular formula is C13H15NOS2. The summed E-state index contributed by atoms with van der Waals surface area (Å²) in [5.74, 6) is 0. The van der Waals surface area contributed by atoms with E-state index in [9.17, 15) is 0 Å². The number of nitrogens with one attached hydrogen (secondary N) is 1. The molecule has 0 bridgehead atoms. The number of fused-ring (bicyclic) bond motifs is 1. The third kappa shape index (κ3) is 1.77. The Labute approximate surface area is 110 Å². The van der Waals surface area contributed by atoms with Crippen LogP contribution < -0.4 is 5.32 Å². The molecule has 0 saturated carbocycles. The van der Waals surface area contributed by atoms with E-state index in [1.54, 1.807) is 4.91 Å². The zero-order valence-electron chi connectivity index (χ0n) is 9.52. The normalized spacial score (nSPS) is 39.1. The standard InChI is InChI=1S/C13H15NOS2/c1-3-15-7-8-5-10(14-9(1)8)12-6-13-11(17-12)2-4-16-13/h2,4,6,10-11,13-14H,1,3,5,7H2. The fourth-order valence-corrected chi connectivity index (χ4v) is 5.54. The third-order valence-corrected chi connectivity index (χ3v) is 6.42. The van der Waals surface area contributed by atoms with Gasteiger partial charge >= 0.3 is 0 Å². The van der Waals surface area contributed by atoms with E-state index in [0.717, 1.165) is 26.1 Å². The fraction of sp³-hybridized carbons (Fsp3) is 0.538. The van der Waals surface area contributed by atoms with Gasteiger partial charge in [0.25, 0.3) is 0 Å². The van der Waals surface area contributed by atoms with Crippen molar-refractivity contribution >= 4 is 23.5 Å². The highest BCUT2D eigenvalue weighted by Crippen LogP contribution is 2.47. The number of hydrogen-bond acceptors (Lipinski definition) is 4. The van der Waals surface area contributed by atoms with E-state index in [2.05, 4.69) is 22.9 Å². The van der Waals surface area contributed by atoms with Crippen molar-refractivity contribution in [1.29, 1.82) is 0 Å². The lowest BCUT2D eigenvalue weighted by atomic mass is 10.1. The van der Waals surface area contributed by atoms with E-state index >= 15 is 0 Å². The Balaban J connectivity index is 1.49. The van der Waals surface area contributed by atoms with Crippen LogP contribution >= 0.6 is 23.5 Å². The molecule has 4 aliphatic rings. The predicted molar refractivity (Wildman–Crippen MR) is 74.0 cm³/mol. The topological polar surface area (TPSA) is 21.3 Å². The van der Waals surface area contributed by atoms with E-state index in [1.165, 1.54) is 11.3 Å². The molecule has 4 aliphatic heterocycles. The Morgan fingerprint density at radius 2 is 2.35 bits per heavy atom. The molecule has 4 heteroatoms. The van der Waals surface area contributed by atoms with Crippen LogP contribution in [-0.2, 0) is 4.74 Å². The second-order valence-corrected chi connectivity index (χ2v) is 7.21. The van der Waals surface area contributed by atoms with Crippen molar-refractivity contribution in [1.82, 2.24) is 5.32 Å². The largest absolute Gasteiger partial charge is 0.381 e. The summed E-state index contributed by atoms with van der Waals surface area (Å²) in [5, 5.41) is 7.32. The minimum absolute atomic E-state index is 0.534. The summed E-state index contributed by atoms with van der Waals surface area (Å²) in [6, 6.07) is 0.534. The summed E-state index contributed by atoms with van der Waals surface area (Å²) < 4.78 is 5.53. The average molecular weight is 265 g/mol. The van der Waals surface area contributed by atoms with Gasteiger partial charge in [0.1, 0.15) is 0 Å². The Hall–Kier alpha value is -0.320. The molecule has 3 atom stereocenters. The summed E-state index contributed by atoms with van der Waals surface area (Å²) in [5.41, 5.74) is 2.96. The van der Waals surface area contributed by atoms with Crippen molar-refractivity contribution < 1.29 is 4.74 Å². The van der Waals surface area contributed by atoms with Crippen molar-refractivity contribution in [2.24, 2.45) is 0 Å². The van der Waals surface area contributed by atoms with E-state index in [0.29, 0.717) is 16.5 Å². The highest BCUT2D eigenvalue weighted by atomic mass is 32.2. The summed E-state index contributed by atoms with van der Waals surface area (Å²) in [4.78, 5) is 1.55. The van der Waals surface area contributed by atoms with Crippen LogP contribution in [0.2, 0.25) is 0 Å². The highest BCUT2D eigenvalue weighted by molar-refractivity contribution is 8.08. The molecule has 0 fully saturated rings. The van der Waals surface area contributed by atoms with Crippen molar-refractivity contribution in [2.45, 2.75) is 29.4 Å². The van der Waals surface area contributed by atoms with Gasteiger partial charge in [-0.1, -0.05) is 12.2 Å². The maximum absolute atomic E-state index is 5.53. The van der Waals surface area contributed by atoms with Gasteiger partial charge in [0, 0.05) is 27.5 Å². The van der Waals surface area contributed by atoms with Gasteiger partial charge < -0.3 is 10.1 Å². The quantitative estimate of drug-likeness (QED) is 0.786. The van der Waals surface area contributed by atoms with Crippen LogP contribution in [-0.4, -0.2) is 29.8 Å². The second kappa shape index (κ2) is 4.11. The van der Waals surface area contributed by atoms with E-state index in [-0.39, 0.29) is 0 Å². The van der Waals surface area contributed by atoms with Crippen LogP contribution in [0.1, 0.15) is 12.8 Å². The Morgan fingerprint density at radius 3 is 3.24 bits per heavy atom. The van der Waals surface area contributed by atoms with Gasteiger partial charge in [-0.15, -0.1) is 23.5 Å². The van der Waals surface area contributed by atoms with Crippen molar-refractivity contribution in [3.05, 3.63) is 33.7 Å². The molecule has 3 unspecified atom stereocenters. The molecule has 0 aromatic heterocycles. The lowest BCUT2D eigenvalue weighted by Crippen LogP contribution is -2.24. The van der Waals surface area contributed by atoms with Crippen LogP contribution in [0.3, 0.4) is 0 Å². The molecule has 0 saturated heterocycles. The van der Waals surface area contributed by atoms with Crippen LogP contribution in [0.4, 0.5) is 0 Å². The Morgan fingerprint density at radius 1 is 1.35 bits per heavy atom. The zero-order valence-corrected chi connectivity index (χ0v) is 11.2. The molecule has 2 nitrogen and oxygen atoms in total. The van der Waals surface area contributed by atoms with Gasteiger partial charge in [0.15, 0.2) is 0 Å². The molecule has 90 valence electrons. The van der Waals surface area contributed by atoms with Gasteiger partial charge in [-0.25, -0.2) is 0 Å². The Bertz CT molecular complexity index is 423. The second-order valence-electron chi connectivity index (χ2n) is 4.87. The molecule has 0 aromatic rings. The van der Waals surface area contributed by atoms with Crippen LogP contribution in [0.25, 0.3) is 0 Å². The molecular weight excluding hydrogens is 250 g/mol. The van der Waals surface area contributed by atoms with Gasteiger partial charge in [0.2, 0.25) is 0 Å². The number of ether oxygens (including phenoxy) is 1. The van der Waals surface area contributed by atoms with Gasteiger partial charge in [0.05, 0.1) is 19.3 Å². The zero-order chi connectivity index (χ0) is 11.2. The molecule has 0 amide bonds. The third-order valence-electron chi connectivity index (χ3n) is 3.77. The van der Waals surface area contributed by atoms with Crippen molar-refractivity contribution in [3.8, 4) is 0 Å². The smallest absolute Gasteiger partial charge is 0.0697 e. The molecule has 0 spiro atoms. The lowest BCUT2D eigenvalue weighted by Gasteiger charge is -2.15. The monoisotopic (exact) mass is 265 g/mol. The SMILES string of the molecule is C1=CC2SC(C3CC4=C(CCOC4)N3)=CC2S1.